The number of allylic oxidation sites excluding steroid dienone is 1. The van der Waals surface area contributed by atoms with Crippen LogP contribution in [0.2, 0.25) is 0 Å². The van der Waals surface area contributed by atoms with Crippen molar-refractivity contribution in [1.29, 1.82) is 0 Å². The fraction of sp³-hybridized carbons (Fsp3) is 0.300. The third-order valence-electron chi connectivity index (χ3n) is 4.95. The van der Waals surface area contributed by atoms with E-state index in [0.717, 1.165) is 18.9 Å². The van der Waals surface area contributed by atoms with Gasteiger partial charge in [-0.05, 0) is 43.9 Å². The van der Waals surface area contributed by atoms with Gasteiger partial charge in [-0.2, -0.15) is 0 Å². The number of halogens is 3. The Bertz CT molecular complexity index is 990. The highest BCUT2D eigenvalue weighted by atomic mass is 32.2. The Morgan fingerprint density at radius 3 is 2.64 bits per heavy atom. The number of ether oxygens (including phenoxy) is 1. The smallest absolute Gasteiger partial charge is 0.184 e. The van der Waals surface area contributed by atoms with Crippen LogP contribution in [0.4, 0.5) is 30.2 Å². The first-order valence-corrected chi connectivity index (χ1v) is 10.1. The molecule has 2 N–H and O–H groups in total. The van der Waals surface area contributed by atoms with Crippen LogP contribution in [0.1, 0.15) is 24.8 Å². The van der Waals surface area contributed by atoms with Gasteiger partial charge in [0.05, 0.1) is 10.4 Å². The van der Waals surface area contributed by atoms with Crippen LogP contribution in [0.15, 0.2) is 36.4 Å². The van der Waals surface area contributed by atoms with Crippen LogP contribution >= 0.6 is 0 Å². The summed E-state index contributed by atoms with van der Waals surface area (Å²) < 4.78 is 63.9. The van der Waals surface area contributed by atoms with Gasteiger partial charge in [0.1, 0.15) is 40.5 Å². The molecule has 1 aliphatic carbocycles. The van der Waals surface area contributed by atoms with Crippen LogP contribution in [0.25, 0.3) is 0 Å². The topological polar surface area (TPSA) is 50.4 Å². The Hall–Kier alpha value is -2.48. The van der Waals surface area contributed by atoms with Crippen LogP contribution in [0.5, 0.6) is 5.75 Å². The molecule has 0 amide bonds. The lowest BCUT2D eigenvalue weighted by molar-refractivity contribution is 0.360. The summed E-state index contributed by atoms with van der Waals surface area (Å²) in [5, 5.41) is 2.60. The minimum absolute atomic E-state index is 0.00428. The monoisotopic (exact) mass is 408 g/mol. The number of nitrogens with one attached hydrogen (secondary N) is 2. The highest BCUT2D eigenvalue weighted by Crippen LogP contribution is 2.48. The van der Waals surface area contributed by atoms with Crippen molar-refractivity contribution < 1.29 is 22.1 Å². The first-order chi connectivity index (χ1) is 13.4. The molecule has 28 heavy (non-hydrogen) atoms. The molecule has 1 heterocycles. The zero-order valence-corrected chi connectivity index (χ0v) is 16.0. The Labute approximate surface area is 163 Å². The average Bonchev–Trinajstić information content (AvgIpc) is 3.44. The molecule has 0 bridgehead atoms. The lowest BCUT2D eigenvalue weighted by atomic mass is 10.2. The number of rotatable bonds is 2. The molecule has 4 rings (SSSR count). The zero-order valence-electron chi connectivity index (χ0n) is 15.2. The fourth-order valence-electron chi connectivity index (χ4n) is 3.10. The summed E-state index contributed by atoms with van der Waals surface area (Å²) in [5.41, 5.74) is 0.337. The van der Waals surface area contributed by atoms with Gasteiger partial charge in [-0.3, -0.25) is 4.72 Å². The Kier molecular flexibility index (Phi) is 4.82. The molecule has 148 valence electrons. The molecule has 0 radical (unpaired) electrons. The lowest BCUT2D eigenvalue weighted by Gasteiger charge is -2.22. The average molecular weight is 408 g/mol. The van der Waals surface area contributed by atoms with E-state index >= 15 is 0 Å². The van der Waals surface area contributed by atoms with Gasteiger partial charge in [0.2, 0.25) is 0 Å². The van der Waals surface area contributed by atoms with Crippen molar-refractivity contribution in [2.45, 2.75) is 30.9 Å². The van der Waals surface area contributed by atoms with Crippen LogP contribution < -0.4 is 14.8 Å². The van der Waals surface area contributed by atoms with Crippen molar-refractivity contribution in [3.63, 3.8) is 0 Å². The van der Waals surface area contributed by atoms with E-state index < -0.39 is 33.2 Å². The van der Waals surface area contributed by atoms with Crippen molar-refractivity contribution >= 4 is 28.0 Å². The van der Waals surface area contributed by atoms with Gasteiger partial charge in [0, 0.05) is 6.07 Å². The van der Waals surface area contributed by atoms with Gasteiger partial charge < -0.3 is 10.1 Å². The number of hydrogen-bond acceptors (Lipinski definition) is 3. The van der Waals surface area contributed by atoms with E-state index in [2.05, 4.69) is 10.0 Å². The summed E-state index contributed by atoms with van der Waals surface area (Å²) in [6.07, 6.45) is 5.79. The first-order valence-electron chi connectivity index (χ1n) is 8.91. The highest BCUT2D eigenvalue weighted by molar-refractivity contribution is 7.88. The molecule has 1 aliphatic heterocycles. The molecule has 8 heteroatoms. The van der Waals surface area contributed by atoms with Crippen LogP contribution in [0.3, 0.4) is 0 Å². The number of fused-ring (bicyclic) bond motifs is 1. The molecule has 1 spiro atoms. The molecular formula is C20H19F3N2O2S. The van der Waals surface area contributed by atoms with Crippen LogP contribution in [0, 0.1) is 24.4 Å². The predicted octanol–water partition coefficient (Wildman–Crippen LogP) is 5.10. The second-order valence-electron chi connectivity index (χ2n) is 7.07. The summed E-state index contributed by atoms with van der Waals surface area (Å²) in [6, 6.07) is 5.27. The summed E-state index contributed by atoms with van der Waals surface area (Å²) >= 11 is 0. The number of anilines is 3. The van der Waals surface area contributed by atoms with Gasteiger partial charge in [-0.1, -0.05) is 18.2 Å². The van der Waals surface area contributed by atoms with Crippen molar-refractivity contribution in [2.75, 3.05) is 16.6 Å². The SMILES string of the molecule is Cc1ccc(Nc2c(F)c(F)cc3c2NS(=O)C2(C/C=C\CO3)CC2)c(F)c1. The second-order valence-corrected chi connectivity index (χ2v) is 8.68. The standard InChI is InChI=1S/C20H19F3N2O2S/c1-12-4-5-15(13(21)10-12)24-19-17(23)14(22)11-16-18(19)25-28(26)20(7-8-20)6-2-3-9-27-16/h2-5,10-11,24-25H,6-9H2,1H3/b3-2-. The predicted molar refractivity (Wildman–Crippen MR) is 104 cm³/mol. The Balaban J connectivity index is 1.80. The number of aryl methyl sites for hydroxylation is 1. The lowest BCUT2D eigenvalue weighted by Crippen LogP contribution is -2.24. The quantitative estimate of drug-likeness (QED) is 0.680. The van der Waals surface area contributed by atoms with Crippen LogP contribution in [-0.2, 0) is 11.0 Å². The second kappa shape index (κ2) is 7.16. The van der Waals surface area contributed by atoms with Crippen molar-refractivity contribution in [3.8, 4) is 5.75 Å². The normalized spacial score (nSPS) is 21.2. The molecule has 2 aromatic carbocycles. The van der Waals surface area contributed by atoms with Crippen molar-refractivity contribution in [2.24, 2.45) is 0 Å². The van der Waals surface area contributed by atoms with E-state index in [1.165, 1.54) is 12.1 Å². The van der Waals surface area contributed by atoms with E-state index in [-0.39, 0.29) is 29.4 Å². The number of benzene rings is 2. The van der Waals surface area contributed by atoms with Gasteiger partial charge in [-0.15, -0.1) is 0 Å². The molecule has 2 aromatic rings. The van der Waals surface area contributed by atoms with Crippen molar-refractivity contribution in [3.05, 3.63) is 59.4 Å². The molecule has 2 aliphatic rings. The summed E-state index contributed by atoms with van der Waals surface area (Å²) in [5.74, 6) is -2.96. The minimum atomic E-state index is -1.54. The first kappa shape index (κ1) is 18.9. The largest absolute Gasteiger partial charge is 0.487 e. The molecule has 0 aromatic heterocycles. The summed E-state index contributed by atoms with van der Waals surface area (Å²) in [4.78, 5) is 0. The van der Waals surface area contributed by atoms with Gasteiger partial charge >= 0.3 is 0 Å². The Morgan fingerprint density at radius 1 is 1.14 bits per heavy atom. The van der Waals surface area contributed by atoms with E-state index in [1.54, 1.807) is 19.1 Å². The molecule has 1 fully saturated rings. The van der Waals surface area contributed by atoms with Crippen molar-refractivity contribution in [1.82, 2.24) is 0 Å². The van der Waals surface area contributed by atoms with E-state index in [0.29, 0.717) is 12.0 Å². The maximum atomic E-state index is 14.7. The van der Waals surface area contributed by atoms with Gasteiger partial charge in [-0.25, -0.2) is 17.4 Å². The molecule has 1 saturated carbocycles. The van der Waals surface area contributed by atoms with Crippen LogP contribution in [-0.4, -0.2) is 15.6 Å². The number of hydrogen-bond donors (Lipinski definition) is 2. The van der Waals surface area contributed by atoms with E-state index in [4.69, 9.17) is 4.74 Å². The molecule has 0 saturated heterocycles. The summed E-state index contributed by atoms with van der Waals surface area (Å²) in [7, 11) is -1.54. The van der Waals surface area contributed by atoms with Gasteiger partial charge in [0.15, 0.2) is 11.6 Å². The maximum absolute atomic E-state index is 14.7. The fourth-order valence-corrected chi connectivity index (χ4v) is 4.43. The molecule has 1 atom stereocenters. The minimum Gasteiger partial charge on any atom is -0.487 e. The molecule has 1 unspecified atom stereocenters. The highest BCUT2D eigenvalue weighted by Gasteiger charge is 2.48. The summed E-state index contributed by atoms with van der Waals surface area (Å²) in [6.45, 7) is 1.87. The molecular weight excluding hydrogens is 389 g/mol. The third-order valence-corrected chi connectivity index (χ3v) is 6.71. The van der Waals surface area contributed by atoms with E-state index in [9.17, 15) is 17.4 Å². The molecule has 4 nitrogen and oxygen atoms in total. The van der Waals surface area contributed by atoms with Gasteiger partial charge in [0.25, 0.3) is 0 Å². The Morgan fingerprint density at radius 2 is 1.93 bits per heavy atom. The third kappa shape index (κ3) is 3.48. The van der Waals surface area contributed by atoms with E-state index in [1.807, 2.05) is 6.08 Å². The maximum Gasteiger partial charge on any atom is 0.184 e. The zero-order chi connectivity index (χ0) is 19.9.